The van der Waals surface area contributed by atoms with Crippen LogP contribution in [0.25, 0.3) is 11.5 Å². The Hall–Kier alpha value is -1.86. The van der Waals surface area contributed by atoms with Crippen LogP contribution >= 0.6 is 23.1 Å². The molecule has 0 fully saturated rings. The van der Waals surface area contributed by atoms with Gasteiger partial charge in [-0.05, 0) is 19.1 Å². The lowest BCUT2D eigenvalue weighted by Crippen LogP contribution is -1.84. The second kappa shape index (κ2) is 5.64. The summed E-state index contributed by atoms with van der Waals surface area (Å²) in [5.41, 5.74) is 7.45. The van der Waals surface area contributed by atoms with Gasteiger partial charge in [0.05, 0.1) is 5.69 Å². The van der Waals surface area contributed by atoms with Crippen LogP contribution in [0.5, 0.6) is 0 Å². The molecule has 7 heteroatoms. The van der Waals surface area contributed by atoms with Gasteiger partial charge in [-0.25, -0.2) is 4.98 Å². The average Bonchev–Trinajstić information content (AvgIpc) is 3.04. The number of rotatable bonds is 4. The predicted molar refractivity (Wildman–Crippen MR) is 80.6 cm³/mol. The first-order chi connectivity index (χ1) is 9.72. The molecule has 5 nitrogen and oxygen atoms in total. The topological polar surface area (TPSA) is 77.8 Å². The minimum Gasteiger partial charge on any atom is -0.441 e. The zero-order valence-corrected chi connectivity index (χ0v) is 12.4. The third kappa shape index (κ3) is 2.83. The van der Waals surface area contributed by atoms with Crippen molar-refractivity contribution < 1.29 is 4.42 Å². The number of oxazole rings is 1. The monoisotopic (exact) mass is 304 g/mol. The molecule has 0 aliphatic rings. The third-order valence-corrected chi connectivity index (χ3v) is 4.56. The van der Waals surface area contributed by atoms with Gasteiger partial charge in [-0.1, -0.05) is 41.3 Å². The normalized spacial score (nSPS) is 10.8. The van der Waals surface area contributed by atoms with Gasteiger partial charge in [0.15, 0.2) is 4.34 Å². The molecule has 1 aromatic carbocycles. The molecule has 0 atom stereocenters. The van der Waals surface area contributed by atoms with Crippen LogP contribution in [-0.4, -0.2) is 15.2 Å². The van der Waals surface area contributed by atoms with Crippen molar-refractivity contribution in [2.75, 3.05) is 5.73 Å². The van der Waals surface area contributed by atoms with Gasteiger partial charge in [-0.15, -0.1) is 10.2 Å². The Kier molecular flexibility index (Phi) is 3.70. The molecule has 3 rings (SSSR count). The molecule has 0 aliphatic heterocycles. The van der Waals surface area contributed by atoms with Crippen molar-refractivity contribution in [3.8, 4) is 11.5 Å². The van der Waals surface area contributed by atoms with E-state index in [2.05, 4.69) is 15.2 Å². The molecule has 3 aromatic rings. The highest BCUT2D eigenvalue weighted by atomic mass is 32.2. The maximum absolute atomic E-state index is 5.71. The molecule has 0 unspecified atom stereocenters. The second-order valence-electron chi connectivity index (χ2n) is 4.08. The first-order valence-corrected chi connectivity index (χ1v) is 7.76. The Morgan fingerprint density at radius 2 is 2.05 bits per heavy atom. The predicted octanol–water partition coefficient (Wildman–Crippen LogP) is 3.38. The summed E-state index contributed by atoms with van der Waals surface area (Å²) in [6.45, 7) is 1.92. The first-order valence-electron chi connectivity index (χ1n) is 5.96. The highest BCUT2D eigenvalue weighted by Crippen LogP contribution is 2.29. The second-order valence-corrected chi connectivity index (χ2v) is 6.31. The van der Waals surface area contributed by atoms with E-state index in [9.17, 15) is 0 Å². The third-order valence-electron chi connectivity index (χ3n) is 2.67. The summed E-state index contributed by atoms with van der Waals surface area (Å²) in [4.78, 5) is 4.54. The number of aromatic nitrogens is 3. The molecule has 0 saturated carbocycles. The van der Waals surface area contributed by atoms with Crippen LogP contribution in [0.15, 0.2) is 39.1 Å². The number of hydrogen-bond acceptors (Lipinski definition) is 7. The van der Waals surface area contributed by atoms with Crippen molar-refractivity contribution >= 4 is 28.2 Å². The van der Waals surface area contributed by atoms with E-state index in [0.717, 1.165) is 21.4 Å². The van der Waals surface area contributed by atoms with Crippen molar-refractivity contribution in [3.63, 3.8) is 0 Å². The summed E-state index contributed by atoms with van der Waals surface area (Å²) in [5, 5.41) is 8.24. The Bertz CT molecular complexity index is 708. The van der Waals surface area contributed by atoms with Crippen molar-refractivity contribution in [2.45, 2.75) is 17.0 Å². The Morgan fingerprint density at radius 1 is 1.25 bits per heavy atom. The van der Waals surface area contributed by atoms with E-state index >= 15 is 0 Å². The number of nitrogens with zero attached hydrogens (tertiary/aromatic N) is 3. The minimum absolute atomic E-state index is 0.481. The number of nitrogen functional groups attached to an aromatic ring is 1. The summed E-state index contributed by atoms with van der Waals surface area (Å²) < 4.78 is 6.55. The van der Waals surface area contributed by atoms with Crippen LogP contribution in [0.3, 0.4) is 0 Å². The highest BCUT2D eigenvalue weighted by Gasteiger charge is 2.12. The fourth-order valence-electron chi connectivity index (χ4n) is 1.67. The van der Waals surface area contributed by atoms with Crippen LogP contribution in [0.1, 0.15) is 11.5 Å². The van der Waals surface area contributed by atoms with E-state index < -0.39 is 0 Å². The average molecular weight is 304 g/mol. The lowest BCUT2D eigenvalue weighted by molar-refractivity contribution is 0.540. The van der Waals surface area contributed by atoms with Crippen LogP contribution in [0.2, 0.25) is 0 Å². The van der Waals surface area contributed by atoms with Crippen molar-refractivity contribution in [1.82, 2.24) is 15.2 Å². The van der Waals surface area contributed by atoms with Crippen LogP contribution in [0, 0.1) is 6.92 Å². The maximum Gasteiger partial charge on any atom is 0.226 e. The highest BCUT2D eigenvalue weighted by molar-refractivity contribution is 8.00. The van der Waals surface area contributed by atoms with Gasteiger partial charge in [-0.2, -0.15) is 0 Å². The lowest BCUT2D eigenvalue weighted by Gasteiger charge is -1.93. The molecule has 20 heavy (non-hydrogen) atoms. The van der Waals surface area contributed by atoms with Gasteiger partial charge in [0.1, 0.15) is 5.76 Å². The molecular formula is C13H12N4OS2. The van der Waals surface area contributed by atoms with Crippen molar-refractivity contribution in [2.24, 2.45) is 0 Å². The quantitative estimate of drug-likeness (QED) is 0.744. The van der Waals surface area contributed by atoms with E-state index in [-0.39, 0.29) is 0 Å². The molecule has 102 valence electrons. The SMILES string of the molecule is Cc1oc(-c2ccccc2)nc1CSc1nnc(N)s1. The smallest absolute Gasteiger partial charge is 0.226 e. The number of thioether (sulfide) groups is 1. The molecular weight excluding hydrogens is 292 g/mol. The Labute approximate surface area is 124 Å². The van der Waals surface area contributed by atoms with E-state index in [1.165, 1.54) is 11.3 Å². The molecule has 0 amide bonds. The molecule has 0 radical (unpaired) electrons. The zero-order valence-electron chi connectivity index (χ0n) is 10.7. The van der Waals surface area contributed by atoms with Crippen LogP contribution < -0.4 is 5.73 Å². The van der Waals surface area contributed by atoms with E-state index in [1.807, 2.05) is 37.3 Å². The van der Waals surface area contributed by atoms with Gasteiger partial charge >= 0.3 is 0 Å². The van der Waals surface area contributed by atoms with E-state index in [1.54, 1.807) is 11.8 Å². The van der Waals surface area contributed by atoms with Crippen molar-refractivity contribution in [1.29, 1.82) is 0 Å². The molecule has 2 heterocycles. The zero-order chi connectivity index (χ0) is 13.9. The number of aryl methyl sites for hydroxylation is 1. The summed E-state index contributed by atoms with van der Waals surface area (Å²) >= 11 is 2.94. The summed E-state index contributed by atoms with van der Waals surface area (Å²) in [6.07, 6.45) is 0. The van der Waals surface area contributed by atoms with Crippen LogP contribution in [0.4, 0.5) is 5.13 Å². The standard InChI is InChI=1S/C13H12N4OS2/c1-8-10(7-19-13-17-16-12(14)20-13)15-11(18-8)9-5-3-2-4-6-9/h2-6H,7H2,1H3,(H2,14,16). The first kappa shape index (κ1) is 13.1. The number of benzene rings is 1. The van der Waals surface area contributed by atoms with E-state index in [0.29, 0.717) is 16.8 Å². The minimum atomic E-state index is 0.481. The largest absolute Gasteiger partial charge is 0.441 e. The van der Waals surface area contributed by atoms with Gasteiger partial charge in [-0.3, -0.25) is 0 Å². The summed E-state index contributed by atoms with van der Waals surface area (Å²) in [7, 11) is 0. The molecule has 0 spiro atoms. The van der Waals surface area contributed by atoms with E-state index in [4.69, 9.17) is 10.2 Å². The van der Waals surface area contributed by atoms with Gasteiger partial charge in [0, 0.05) is 11.3 Å². The van der Waals surface area contributed by atoms with Gasteiger partial charge in [0.2, 0.25) is 11.0 Å². The van der Waals surface area contributed by atoms with Crippen molar-refractivity contribution in [3.05, 3.63) is 41.8 Å². The maximum atomic E-state index is 5.71. The number of anilines is 1. The molecule has 2 N–H and O–H groups in total. The number of nitrogens with two attached hydrogens (primary N) is 1. The fourth-order valence-corrected chi connectivity index (χ4v) is 3.31. The van der Waals surface area contributed by atoms with Crippen LogP contribution in [-0.2, 0) is 5.75 Å². The molecule has 2 aromatic heterocycles. The Morgan fingerprint density at radius 3 is 2.75 bits per heavy atom. The number of hydrogen-bond donors (Lipinski definition) is 1. The molecule has 0 bridgehead atoms. The fraction of sp³-hybridized carbons (Fsp3) is 0.154. The summed E-state index contributed by atoms with van der Waals surface area (Å²) in [6, 6.07) is 9.86. The lowest BCUT2D eigenvalue weighted by atomic mass is 10.2. The summed E-state index contributed by atoms with van der Waals surface area (Å²) in [5.74, 6) is 2.17. The van der Waals surface area contributed by atoms with Gasteiger partial charge in [0.25, 0.3) is 0 Å². The van der Waals surface area contributed by atoms with Gasteiger partial charge < -0.3 is 10.2 Å². The Balaban J connectivity index is 1.76. The molecule has 0 saturated heterocycles. The molecule has 0 aliphatic carbocycles.